The molecule has 2 heterocycles. The number of nitrogens with two attached hydrogens (primary N) is 1. The topological polar surface area (TPSA) is 79.9 Å². The molecule has 2 fully saturated rings. The molecule has 1 unspecified atom stereocenters. The largest absolute Gasteiger partial charge is 0.319 e. The van der Waals surface area contributed by atoms with E-state index in [0.29, 0.717) is 12.3 Å². The Balaban J connectivity index is 2.12. The van der Waals surface area contributed by atoms with Crippen molar-refractivity contribution in [1.82, 2.24) is 10.3 Å². The third-order valence-corrected chi connectivity index (χ3v) is 5.26. The highest BCUT2D eigenvalue weighted by atomic mass is 32.2. The van der Waals surface area contributed by atoms with E-state index in [2.05, 4.69) is 19.3 Å². The maximum absolute atomic E-state index is 11.7. The minimum absolute atomic E-state index is 0.123. The number of thioether (sulfide) groups is 1. The lowest BCUT2D eigenvalue weighted by Gasteiger charge is -2.46. The van der Waals surface area contributed by atoms with E-state index >= 15 is 0 Å². The molecule has 6 nitrogen and oxygen atoms in total. The van der Waals surface area contributed by atoms with Gasteiger partial charge in [-0.2, -0.15) is 0 Å². The van der Waals surface area contributed by atoms with E-state index in [9.17, 15) is 9.59 Å². The number of nitrogens with zero attached hydrogens (tertiary/aromatic N) is 1. The normalized spacial score (nSPS) is 31.2. The van der Waals surface area contributed by atoms with Crippen molar-refractivity contribution in [2.75, 3.05) is 25.4 Å². The van der Waals surface area contributed by atoms with Crippen LogP contribution >= 0.6 is 11.8 Å². The highest BCUT2D eigenvalue weighted by Crippen LogP contribution is 2.32. The Labute approximate surface area is 105 Å². The summed E-state index contributed by atoms with van der Waals surface area (Å²) >= 11 is 1.67. The standard InChI is InChI=1S/C10H18N4O2S/c1-10(2)9-14(8(16)6-17-9)4-3-13(10)5-7(15)12-11/h9H,3-6,11H2,1-2H3,(H,12,15)/p+1/t9-/m0/s1. The Bertz CT molecular complexity index is 347. The van der Waals surface area contributed by atoms with Crippen LogP contribution in [0.15, 0.2) is 0 Å². The Morgan fingerprint density at radius 1 is 1.71 bits per heavy atom. The first-order chi connectivity index (χ1) is 7.96. The first-order valence-corrected chi connectivity index (χ1v) is 6.77. The van der Waals surface area contributed by atoms with Gasteiger partial charge in [0, 0.05) is 0 Å². The molecular weight excluding hydrogens is 240 g/mol. The Hall–Kier alpha value is -0.790. The molecule has 2 rings (SSSR count). The molecule has 7 heteroatoms. The summed E-state index contributed by atoms with van der Waals surface area (Å²) in [5.74, 6) is 5.75. The molecule has 4 N–H and O–H groups in total. The van der Waals surface area contributed by atoms with Crippen LogP contribution in [0.2, 0.25) is 0 Å². The highest BCUT2D eigenvalue weighted by Gasteiger charge is 2.51. The van der Waals surface area contributed by atoms with Crippen molar-refractivity contribution in [3.63, 3.8) is 0 Å². The molecule has 2 aliphatic heterocycles. The fourth-order valence-electron chi connectivity index (χ4n) is 2.61. The van der Waals surface area contributed by atoms with Crippen LogP contribution in [0.4, 0.5) is 0 Å². The third kappa shape index (κ3) is 2.14. The molecule has 17 heavy (non-hydrogen) atoms. The van der Waals surface area contributed by atoms with Crippen LogP contribution < -0.4 is 16.2 Å². The molecule has 0 spiro atoms. The fraction of sp³-hybridized carbons (Fsp3) is 0.800. The number of amides is 2. The first kappa shape index (κ1) is 12.7. The molecular formula is C10H19N4O2S+. The summed E-state index contributed by atoms with van der Waals surface area (Å²) in [6, 6.07) is 0. The van der Waals surface area contributed by atoms with Crippen LogP contribution in [0, 0.1) is 0 Å². The van der Waals surface area contributed by atoms with E-state index in [4.69, 9.17) is 5.84 Å². The second kappa shape index (κ2) is 4.47. The molecule has 0 saturated carbocycles. The molecule has 0 bridgehead atoms. The average Bonchev–Trinajstić information content (AvgIpc) is 2.65. The maximum Gasteiger partial charge on any atom is 0.289 e. The average molecular weight is 259 g/mol. The number of rotatable bonds is 2. The van der Waals surface area contributed by atoms with Gasteiger partial charge in [-0.05, 0) is 13.8 Å². The monoisotopic (exact) mass is 259 g/mol. The molecule has 0 aliphatic carbocycles. The van der Waals surface area contributed by atoms with E-state index in [0.717, 1.165) is 13.1 Å². The van der Waals surface area contributed by atoms with Gasteiger partial charge < -0.3 is 9.80 Å². The summed E-state index contributed by atoms with van der Waals surface area (Å²) in [5.41, 5.74) is 2.05. The lowest BCUT2D eigenvalue weighted by atomic mass is 9.98. The molecule has 2 aliphatic rings. The van der Waals surface area contributed by atoms with Gasteiger partial charge in [0.25, 0.3) is 5.91 Å². The summed E-state index contributed by atoms with van der Waals surface area (Å²) in [4.78, 5) is 26.2. The van der Waals surface area contributed by atoms with Gasteiger partial charge in [-0.3, -0.25) is 15.0 Å². The number of nitrogens with one attached hydrogen (secondary N) is 2. The molecule has 0 aromatic carbocycles. The lowest BCUT2D eigenvalue weighted by Crippen LogP contribution is -3.23. The SMILES string of the molecule is CC1(C)[C@@H]2SCC(=O)N2CC[NH+]1CC(=O)NN. The van der Waals surface area contributed by atoms with Gasteiger partial charge in [0.1, 0.15) is 10.9 Å². The van der Waals surface area contributed by atoms with Crippen molar-refractivity contribution in [3.05, 3.63) is 0 Å². The van der Waals surface area contributed by atoms with Crippen LogP contribution in [-0.4, -0.2) is 53.0 Å². The molecule has 2 saturated heterocycles. The summed E-state index contributed by atoms with van der Waals surface area (Å²) in [6.45, 7) is 6.10. The van der Waals surface area contributed by atoms with Gasteiger partial charge >= 0.3 is 0 Å². The van der Waals surface area contributed by atoms with Gasteiger partial charge in [-0.1, -0.05) is 0 Å². The molecule has 0 radical (unpaired) electrons. The van der Waals surface area contributed by atoms with Crippen molar-refractivity contribution >= 4 is 23.6 Å². The molecule has 0 aromatic heterocycles. The second-order valence-electron chi connectivity index (χ2n) is 5.07. The van der Waals surface area contributed by atoms with Gasteiger partial charge in [0.2, 0.25) is 5.91 Å². The Morgan fingerprint density at radius 2 is 2.41 bits per heavy atom. The van der Waals surface area contributed by atoms with E-state index in [1.54, 1.807) is 11.8 Å². The molecule has 2 amide bonds. The molecule has 0 aromatic rings. The zero-order valence-electron chi connectivity index (χ0n) is 10.2. The number of carbonyl (C=O) groups is 2. The Morgan fingerprint density at radius 3 is 3.06 bits per heavy atom. The van der Waals surface area contributed by atoms with Crippen LogP contribution in [0.1, 0.15) is 13.8 Å². The van der Waals surface area contributed by atoms with E-state index < -0.39 is 0 Å². The van der Waals surface area contributed by atoms with Gasteiger partial charge in [-0.15, -0.1) is 11.8 Å². The summed E-state index contributed by atoms with van der Waals surface area (Å²) in [7, 11) is 0. The number of piperazine rings is 1. The number of hydrazine groups is 1. The first-order valence-electron chi connectivity index (χ1n) is 5.72. The minimum Gasteiger partial charge on any atom is -0.319 e. The third-order valence-electron chi connectivity index (χ3n) is 3.69. The predicted molar refractivity (Wildman–Crippen MR) is 65.1 cm³/mol. The number of quaternary nitrogens is 1. The smallest absolute Gasteiger partial charge is 0.289 e. The molecule has 2 atom stereocenters. The van der Waals surface area contributed by atoms with Crippen molar-refractivity contribution < 1.29 is 14.5 Å². The zero-order valence-corrected chi connectivity index (χ0v) is 11.0. The minimum atomic E-state index is -0.157. The second-order valence-corrected chi connectivity index (χ2v) is 6.14. The molecule has 96 valence electrons. The number of carbonyl (C=O) groups excluding carboxylic acids is 2. The highest BCUT2D eigenvalue weighted by molar-refractivity contribution is 8.01. The maximum atomic E-state index is 11.7. The van der Waals surface area contributed by atoms with Crippen LogP contribution in [0.5, 0.6) is 0 Å². The predicted octanol–water partition coefficient (Wildman–Crippen LogP) is -2.45. The summed E-state index contributed by atoms with van der Waals surface area (Å²) in [5, 5.41) is 0.171. The van der Waals surface area contributed by atoms with Gasteiger partial charge in [0.15, 0.2) is 6.54 Å². The number of fused-ring (bicyclic) bond motifs is 1. The lowest BCUT2D eigenvalue weighted by molar-refractivity contribution is -0.947. The quantitative estimate of drug-likeness (QED) is 0.292. The van der Waals surface area contributed by atoms with Crippen LogP contribution in [0.25, 0.3) is 0 Å². The van der Waals surface area contributed by atoms with Crippen LogP contribution in [0.3, 0.4) is 0 Å². The fourth-order valence-corrected chi connectivity index (χ4v) is 4.06. The Kier molecular flexibility index (Phi) is 3.33. The zero-order chi connectivity index (χ0) is 12.6. The van der Waals surface area contributed by atoms with Crippen LogP contribution in [-0.2, 0) is 9.59 Å². The summed E-state index contributed by atoms with van der Waals surface area (Å²) < 4.78 is 0. The van der Waals surface area contributed by atoms with Crippen molar-refractivity contribution in [1.29, 1.82) is 0 Å². The van der Waals surface area contributed by atoms with E-state index in [-0.39, 0.29) is 22.7 Å². The van der Waals surface area contributed by atoms with Crippen molar-refractivity contribution in [3.8, 4) is 0 Å². The summed E-state index contributed by atoms with van der Waals surface area (Å²) in [6.07, 6.45) is 0. The van der Waals surface area contributed by atoms with Crippen molar-refractivity contribution in [2.24, 2.45) is 5.84 Å². The van der Waals surface area contributed by atoms with Crippen molar-refractivity contribution in [2.45, 2.75) is 24.8 Å². The number of hydrogen-bond acceptors (Lipinski definition) is 4. The van der Waals surface area contributed by atoms with Gasteiger partial charge in [0.05, 0.1) is 18.8 Å². The number of hydrogen-bond donors (Lipinski definition) is 3. The van der Waals surface area contributed by atoms with E-state index in [1.165, 1.54) is 4.90 Å². The van der Waals surface area contributed by atoms with E-state index in [1.807, 2.05) is 4.90 Å². The van der Waals surface area contributed by atoms with Gasteiger partial charge in [-0.25, -0.2) is 5.84 Å².